The van der Waals surface area contributed by atoms with Gasteiger partial charge in [-0.25, -0.2) is 4.57 Å². The van der Waals surface area contributed by atoms with Crippen LogP contribution in [0.15, 0.2) is 85.1 Å². The number of aliphatic hydroxyl groups excluding tert-OH is 5. The van der Waals surface area contributed by atoms with Crippen molar-refractivity contribution < 1.29 is 58.3 Å². The van der Waals surface area contributed by atoms with Gasteiger partial charge in [-0.1, -0.05) is 195 Å². The smallest absolute Gasteiger partial charge is 0.457 e. The average molecular weight is 1010 g/mol. The zero-order valence-corrected chi connectivity index (χ0v) is 44.4. The number of carbonyl (C=O) groups excluding carboxylic acids is 1. The SMILES string of the molecule is CC/C=C\C/C=C\C/C=C\C/C=C\C/C=C\CCCCCCOCC(COP(=O)(O)OC1C(O)C(O)C(O)C(O)C1O)OC(=O)CCCCCCCCCCCCC/C=C\C/C=C\CCCCCCC. The fourth-order valence-electron chi connectivity index (χ4n) is 7.94. The first-order valence-corrected chi connectivity index (χ1v) is 28.9. The van der Waals surface area contributed by atoms with E-state index in [4.69, 9.17) is 18.5 Å². The lowest BCUT2D eigenvalue weighted by Gasteiger charge is -2.41. The van der Waals surface area contributed by atoms with Gasteiger partial charge in [-0.2, -0.15) is 0 Å². The molecule has 1 saturated carbocycles. The first kappa shape index (κ1) is 65.5. The number of phosphoric ester groups is 1. The van der Waals surface area contributed by atoms with Crippen molar-refractivity contribution >= 4 is 13.8 Å². The van der Waals surface area contributed by atoms with Crippen molar-refractivity contribution in [2.75, 3.05) is 19.8 Å². The monoisotopic (exact) mass is 1010 g/mol. The Labute approximate surface area is 424 Å². The molecule has 6 atom stereocenters. The lowest BCUT2D eigenvalue weighted by atomic mass is 9.85. The minimum absolute atomic E-state index is 0.0989. The maximum Gasteiger partial charge on any atom is 0.472 e. The number of hydrogen-bond acceptors (Lipinski definition) is 11. The lowest BCUT2D eigenvalue weighted by Crippen LogP contribution is -2.64. The van der Waals surface area contributed by atoms with Crippen LogP contribution in [0.3, 0.4) is 0 Å². The third-order valence-corrected chi connectivity index (χ3v) is 13.2. The molecule has 0 amide bonds. The molecule has 0 aromatic heterocycles. The molecule has 0 saturated heterocycles. The number of hydrogen-bond donors (Lipinski definition) is 6. The minimum atomic E-state index is -5.04. The van der Waals surface area contributed by atoms with E-state index < -0.39 is 63.1 Å². The molecule has 0 bridgehead atoms. The maximum absolute atomic E-state index is 12.9. The molecule has 1 fully saturated rings. The van der Waals surface area contributed by atoms with Crippen molar-refractivity contribution in [2.24, 2.45) is 0 Å². The molecule has 0 aliphatic heterocycles. The van der Waals surface area contributed by atoms with Gasteiger partial charge >= 0.3 is 13.8 Å². The highest BCUT2D eigenvalue weighted by Crippen LogP contribution is 2.47. The Hall–Kier alpha value is -2.48. The summed E-state index contributed by atoms with van der Waals surface area (Å²) in [4.78, 5) is 23.3. The zero-order chi connectivity index (χ0) is 51.2. The van der Waals surface area contributed by atoms with Crippen molar-refractivity contribution in [3.63, 3.8) is 0 Å². The molecule has 1 rings (SSSR count). The molecule has 0 radical (unpaired) electrons. The Morgan fingerprint density at radius 1 is 0.471 bits per heavy atom. The highest BCUT2D eigenvalue weighted by Gasteiger charge is 2.51. The van der Waals surface area contributed by atoms with Crippen molar-refractivity contribution in [3.8, 4) is 0 Å². The van der Waals surface area contributed by atoms with E-state index in [1.165, 1.54) is 89.9 Å². The number of esters is 1. The molecule has 0 aromatic rings. The van der Waals surface area contributed by atoms with Gasteiger partial charge in [0.05, 0.1) is 13.2 Å². The second-order valence-corrected chi connectivity index (χ2v) is 20.1. The van der Waals surface area contributed by atoms with Crippen LogP contribution in [0.25, 0.3) is 0 Å². The highest BCUT2D eigenvalue weighted by atomic mass is 31.2. The van der Waals surface area contributed by atoms with Crippen LogP contribution in [0, 0.1) is 0 Å². The van der Waals surface area contributed by atoms with Crippen LogP contribution >= 0.6 is 7.82 Å². The molecule has 0 aromatic carbocycles. The van der Waals surface area contributed by atoms with Crippen LogP contribution in [0.1, 0.15) is 206 Å². The van der Waals surface area contributed by atoms with Gasteiger partial charge < -0.3 is 39.9 Å². The predicted octanol–water partition coefficient (Wildman–Crippen LogP) is 12.9. The van der Waals surface area contributed by atoms with Gasteiger partial charge in [-0.15, -0.1) is 0 Å². The first-order chi connectivity index (χ1) is 34.0. The second-order valence-electron chi connectivity index (χ2n) is 18.7. The number of aliphatic hydroxyl groups is 5. The summed E-state index contributed by atoms with van der Waals surface area (Å²) in [6, 6.07) is 0. The van der Waals surface area contributed by atoms with E-state index in [2.05, 4.69) is 98.9 Å². The summed E-state index contributed by atoms with van der Waals surface area (Å²) in [6.45, 7) is 4.09. The summed E-state index contributed by atoms with van der Waals surface area (Å²) in [5.41, 5.74) is 0. The molecule has 404 valence electrons. The predicted molar refractivity (Wildman–Crippen MR) is 285 cm³/mol. The average Bonchev–Trinajstić information content (AvgIpc) is 3.35. The van der Waals surface area contributed by atoms with Gasteiger partial charge in [0.2, 0.25) is 0 Å². The fourth-order valence-corrected chi connectivity index (χ4v) is 8.91. The standard InChI is InChI=1S/C57H99O12P/c1-3-5-7-9-11-13-15-17-19-21-23-25-26-27-28-30-32-34-36-38-40-42-44-46-51(58)68-50(49-67-70(64,65)69-57-55(62)53(60)52(59)54(61)56(57)63)48-66-47-45-43-41-39-37-35-33-31-29-24-22-20-18-16-14-12-10-8-6-4-2/h6,8,12,14-15,17-18,20-21,23-24,29,33,35,50,52-57,59-63H,3-5,7,9-11,13,16,19,22,25-28,30-32,34,36-49H2,1-2H3,(H,64,65)/b8-6-,14-12-,17-15-,20-18-,23-21-,29-24-,35-33-. The summed E-state index contributed by atoms with van der Waals surface area (Å²) in [5.74, 6) is -0.491. The molecule has 0 spiro atoms. The Balaban J connectivity index is 2.34. The maximum atomic E-state index is 12.9. The molecule has 1 aliphatic rings. The minimum Gasteiger partial charge on any atom is -0.457 e. The number of allylic oxidation sites excluding steroid dienone is 14. The topological polar surface area (TPSA) is 192 Å². The second kappa shape index (κ2) is 46.3. The summed E-state index contributed by atoms with van der Waals surface area (Å²) in [7, 11) is -5.04. The van der Waals surface area contributed by atoms with Gasteiger partial charge in [0, 0.05) is 13.0 Å². The molecule has 12 nitrogen and oxygen atoms in total. The zero-order valence-electron chi connectivity index (χ0n) is 43.5. The lowest BCUT2D eigenvalue weighted by molar-refractivity contribution is -0.220. The van der Waals surface area contributed by atoms with E-state index in [0.717, 1.165) is 89.9 Å². The quantitative estimate of drug-likeness (QED) is 0.0147. The largest absolute Gasteiger partial charge is 0.472 e. The molecule has 6 unspecified atom stereocenters. The Kier molecular flexibility index (Phi) is 43.4. The Bertz CT molecular complexity index is 1480. The third-order valence-electron chi connectivity index (χ3n) is 12.3. The van der Waals surface area contributed by atoms with Crippen LogP contribution in [-0.2, 0) is 27.9 Å². The van der Waals surface area contributed by atoms with Gasteiger partial charge in [-0.3, -0.25) is 13.8 Å². The van der Waals surface area contributed by atoms with E-state index in [1.54, 1.807) is 0 Å². The van der Waals surface area contributed by atoms with E-state index in [-0.39, 0.29) is 13.0 Å². The van der Waals surface area contributed by atoms with Gasteiger partial charge in [0.1, 0.15) is 42.7 Å². The number of ether oxygens (including phenoxy) is 2. The van der Waals surface area contributed by atoms with Crippen molar-refractivity contribution in [3.05, 3.63) is 85.1 Å². The van der Waals surface area contributed by atoms with E-state index in [1.807, 2.05) is 0 Å². The molecule has 1 aliphatic carbocycles. The van der Waals surface area contributed by atoms with Crippen molar-refractivity contribution in [2.45, 2.75) is 249 Å². The first-order valence-electron chi connectivity index (χ1n) is 27.4. The molecule has 6 N–H and O–H groups in total. The van der Waals surface area contributed by atoms with Crippen LogP contribution in [0.2, 0.25) is 0 Å². The van der Waals surface area contributed by atoms with E-state index in [0.29, 0.717) is 13.0 Å². The molecular formula is C57H99O12P. The normalized spacial score (nSPS) is 21.5. The van der Waals surface area contributed by atoms with Gasteiger partial charge in [0.15, 0.2) is 0 Å². The van der Waals surface area contributed by atoms with Crippen LogP contribution in [-0.4, -0.2) is 98.9 Å². The molecule has 0 heterocycles. The molecule has 70 heavy (non-hydrogen) atoms. The summed E-state index contributed by atoms with van der Waals surface area (Å²) < 4.78 is 34.3. The third kappa shape index (κ3) is 37.3. The van der Waals surface area contributed by atoms with E-state index in [9.17, 15) is 39.8 Å². The highest BCUT2D eigenvalue weighted by molar-refractivity contribution is 7.47. The molecule has 13 heteroatoms. The Morgan fingerprint density at radius 3 is 1.29 bits per heavy atom. The Morgan fingerprint density at radius 2 is 0.843 bits per heavy atom. The summed E-state index contributed by atoms with van der Waals surface area (Å²) in [5, 5.41) is 50.4. The number of phosphoric acid groups is 1. The summed E-state index contributed by atoms with van der Waals surface area (Å²) in [6.07, 6.45) is 50.7. The number of rotatable bonds is 46. The summed E-state index contributed by atoms with van der Waals surface area (Å²) >= 11 is 0. The van der Waals surface area contributed by atoms with Crippen LogP contribution in [0.4, 0.5) is 0 Å². The van der Waals surface area contributed by atoms with Crippen LogP contribution in [0.5, 0.6) is 0 Å². The van der Waals surface area contributed by atoms with Gasteiger partial charge in [0.25, 0.3) is 0 Å². The fraction of sp³-hybridized carbons (Fsp3) is 0.737. The molecular weight excluding hydrogens is 908 g/mol. The van der Waals surface area contributed by atoms with E-state index >= 15 is 0 Å². The van der Waals surface area contributed by atoms with Crippen molar-refractivity contribution in [1.82, 2.24) is 0 Å². The van der Waals surface area contributed by atoms with Crippen molar-refractivity contribution in [1.29, 1.82) is 0 Å². The van der Waals surface area contributed by atoms with Gasteiger partial charge in [-0.05, 0) is 89.9 Å². The van der Waals surface area contributed by atoms with Crippen LogP contribution < -0.4 is 0 Å². The number of carbonyl (C=O) groups is 1. The number of unbranched alkanes of at least 4 members (excludes halogenated alkanes) is 20.